The van der Waals surface area contributed by atoms with Crippen LogP contribution in [0.4, 0.5) is 13.2 Å². The summed E-state index contributed by atoms with van der Waals surface area (Å²) in [5.41, 5.74) is 0.230. The first-order valence-corrected chi connectivity index (χ1v) is 8.70. The summed E-state index contributed by atoms with van der Waals surface area (Å²) in [4.78, 5) is 16.3. The number of hydrogen-bond acceptors (Lipinski definition) is 3. The maximum atomic E-state index is 12.6. The molecule has 138 valence electrons. The zero-order valence-electron chi connectivity index (χ0n) is 14.1. The zero-order valence-corrected chi connectivity index (χ0v) is 14.1. The number of benzene rings is 1. The maximum absolute atomic E-state index is 12.6. The van der Waals surface area contributed by atoms with Gasteiger partial charge in [-0.3, -0.25) is 9.69 Å². The van der Waals surface area contributed by atoms with Gasteiger partial charge < -0.3 is 9.64 Å². The van der Waals surface area contributed by atoms with Crippen molar-refractivity contribution in [3.8, 4) is 0 Å². The van der Waals surface area contributed by atoms with E-state index in [4.69, 9.17) is 4.74 Å². The van der Waals surface area contributed by atoms with Crippen LogP contribution in [0.5, 0.6) is 0 Å². The van der Waals surface area contributed by atoms with Gasteiger partial charge in [-0.15, -0.1) is 0 Å². The molecular weight excluding hydrogens is 333 g/mol. The standard InChI is InChI=1S/C18H23F3N2O2/c19-18(20,21)15-5-3-14(4-6-15)13-22-7-9-23(10-8-22)17(24)12-16-2-1-11-25-16/h3-6,16H,1-2,7-13H2. The monoisotopic (exact) mass is 356 g/mol. The molecule has 2 fully saturated rings. The first-order valence-electron chi connectivity index (χ1n) is 8.70. The first-order chi connectivity index (χ1) is 11.9. The van der Waals surface area contributed by atoms with Crippen LogP contribution >= 0.6 is 0 Å². The zero-order chi connectivity index (χ0) is 17.9. The highest BCUT2D eigenvalue weighted by Crippen LogP contribution is 2.29. The van der Waals surface area contributed by atoms with Crippen molar-refractivity contribution < 1.29 is 22.7 Å². The number of halogens is 3. The van der Waals surface area contributed by atoms with E-state index in [0.717, 1.165) is 50.2 Å². The van der Waals surface area contributed by atoms with Crippen molar-refractivity contribution in [1.29, 1.82) is 0 Å². The van der Waals surface area contributed by atoms with Crippen LogP contribution in [0.15, 0.2) is 24.3 Å². The molecule has 0 bridgehead atoms. The molecule has 0 saturated carbocycles. The summed E-state index contributed by atoms with van der Waals surface area (Å²) in [5, 5.41) is 0. The molecule has 1 aromatic carbocycles. The lowest BCUT2D eigenvalue weighted by atomic mass is 10.1. The van der Waals surface area contributed by atoms with Gasteiger partial charge in [-0.1, -0.05) is 12.1 Å². The topological polar surface area (TPSA) is 32.8 Å². The van der Waals surface area contributed by atoms with Crippen molar-refractivity contribution in [3.63, 3.8) is 0 Å². The van der Waals surface area contributed by atoms with E-state index in [1.54, 1.807) is 0 Å². The smallest absolute Gasteiger partial charge is 0.378 e. The highest BCUT2D eigenvalue weighted by Gasteiger charge is 2.30. The fourth-order valence-corrected chi connectivity index (χ4v) is 3.34. The van der Waals surface area contributed by atoms with Gasteiger partial charge in [0.1, 0.15) is 0 Å². The molecule has 2 aliphatic heterocycles. The van der Waals surface area contributed by atoms with Gasteiger partial charge in [0, 0.05) is 39.3 Å². The minimum Gasteiger partial charge on any atom is -0.378 e. The number of alkyl halides is 3. The average Bonchev–Trinajstić information content (AvgIpc) is 3.08. The van der Waals surface area contributed by atoms with Crippen LogP contribution in [0, 0.1) is 0 Å². The molecule has 1 atom stereocenters. The fourth-order valence-electron chi connectivity index (χ4n) is 3.34. The maximum Gasteiger partial charge on any atom is 0.416 e. The van der Waals surface area contributed by atoms with Crippen LogP contribution < -0.4 is 0 Å². The second kappa shape index (κ2) is 7.74. The van der Waals surface area contributed by atoms with Gasteiger partial charge in [0.2, 0.25) is 5.91 Å². The Hall–Kier alpha value is -1.60. The molecule has 2 heterocycles. The molecule has 3 rings (SSSR count). The summed E-state index contributed by atoms with van der Waals surface area (Å²) >= 11 is 0. The molecular formula is C18H23F3N2O2. The second-order valence-electron chi connectivity index (χ2n) is 6.69. The lowest BCUT2D eigenvalue weighted by Gasteiger charge is -2.35. The van der Waals surface area contributed by atoms with Crippen molar-refractivity contribution in [3.05, 3.63) is 35.4 Å². The molecule has 2 saturated heterocycles. The molecule has 0 aromatic heterocycles. The normalized spacial score (nSPS) is 22.4. The van der Waals surface area contributed by atoms with Gasteiger partial charge in [-0.25, -0.2) is 0 Å². The molecule has 1 unspecified atom stereocenters. The third kappa shape index (κ3) is 4.95. The summed E-state index contributed by atoms with van der Waals surface area (Å²) in [7, 11) is 0. The first kappa shape index (κ1) is 18.2. The third-order valence-corrected chi connectivity index (χ3v) is 4.84. The largest absolute Gasteiger partial charge is 0.416 e. The molecule has 0 N–H and O–H groups in total. The number of hydrogen-bond donors (Lipinski definition) is 0. The van der Waals surface area contributed by atoms with Crippen LogP contribution in [-0.2, 0) is 22.3 Å². The van der Waals surface area contributed by atoms with E-state index in [0.29, 0.717) is 26.1 Å². The molecule has 25 heavy (non-hydrogen) atoms. The number of carbonyl (C=O) groups excluding carboxylic acids is 1. The second-order valence-corrected chi connectivity index (χ2v) is 6.69. The van der Waals surface area contributed by atoms with Crippen LogP contribution in [0.25, 0.3) is 0 Å². The van der Waals surface area contributed by atoms with Gasteiger partial charge in [-0.05, 0) is 30.5 Å². The quantitative estimate of drug-likeness (QED) is 0.832. The molecule has 0 aliphatic carbocycles. The summed E-state index contributed by atoms with van der Waals surface area (Å²) in [6.07, 6.45) is -1.79. The Labute approximate surface area is 145 Å². The SMILES string of the molecule is O=C(CC1CCCO1)N1CCN(Cc2ccc(C(F)(F)F)cc2)CC1. The summed E-state index contributed by atoms with van der Waals surface area (Å²) in [6, 6.07) is 5.29. The lowest BCUT2D eigenvalue weighted by molar-refractivity contribution is -0.137. The van der Waals surface area contributed by atoms with Gasteiger partial charge in [0.15, 0.2) is 0 Å². The average molecular weight is 356 g/mol. The van der Waals surface area contributed by atoms with Crippen molar-refractivity contribution in [2.24, 2.45) is 0 Å². The number of ether oxygens (including phenoxy) is 1. The predicted octanol–water partition coefficient (Wildman–Crippen LogP) is 2.92. The van der Waals surface area contributed by atoms with E-state index >= 15 is 0 Å². The highest BCUT2D eigenvalue weighted by molar-refractivity contribution is 5.76. The molecule has 0 radical (unpaired) electrons. The van der Waals surface area contributed by atoms with Crippen molar-refractivity contribution in [1.82, 2.24) is 9.80 Å². The number of nitrogens with zero attached hydrogens (tertiary/aromatic N) is 2. The van der Waals surface area contributed by atoms with Crippen molar-refractivity contribution in [2.45, 2.75) is 38.1 Å². The molecule has 2 aliphatic rings. The van der Waals surface area contributed by atoms with Crippen LogP contribution in [-0.4, -0.2) is 54.6 Å². The minimum absolute atomic E-state index is 0.0673. The summed E-state index contributed by atoms with van der Waals surface area (Å²) in [6.45, 7) is 4.14. The van der Waals surface area contributed by atoms with Gasteiger partial charge in [0.05, 0.1) is 18.1 Å². The van der Waals surface area contributed by atoms with E-state index in [1.807, 2.05) is 4.90 Å². The number of piperazine rings is 1. The molecule has 1 amide bonds. The number of amides is 1. The Morgan fingerprint density at radius 2 is 1.80 bits per heavy atom. The van der Waals surface area contributed by atoms with E-state index in [-0.39, 0.29) is 12.0 Å². The van der Waals surface area contributed by atoms with E-state index in [2.05, 4.69) is 4.90 Å². The Balaban J connectivity index is 1.45. The van der Waals surface area contributed by atoms with Crippen LogP contribution in [0.3, 0.4) is 0 Å². The summed E-state index contributed by atoms with van der Waals surface area (Å²) < 4.78 is 43.3. The Bertz CT molecular complexity index is 575. The van der Waals surface area contributed by atoms with E-state index in [9.17, 15) is 18.0 Å². The number of carbonyl (C=O) groups is 1. The Morgan fingerprint density at radius 1 is 1.12 bits per heavy atom. The Morgan fingerprint density at radius 3 is 2.36 bits per heavy atom. The van der Waals surface area contributed by atoms with Crippen LogP contribution in [0.1, 0.15) is 30.4 Å². The van der Waals surface area contributed by atoms with E-state index in [1.165, 1.54) is 12.1 Å². The highest BCUT2D eigenvalue weighted by atomic mass is 19.4. The predicted molar refractivity (Wildman–Crippen MR) is 86.9 cm³/mol. The van der Waals surface area contributed by atoms with Crippen molar-refractivity contribution >= 4 is 5.91 Å². The lowest BCUT2D eigenvalue weighted by Crippen LogP contribution is -2.48. The van der Waals surface area contributed by atoms with Crippen LogP contribution in [0.2, 0.25) is 0 Å². The van der Waals surface area contributed by atoms with Gasteiger partial charge in [-0.2, -0.15) is 13.2 Å². The third-order valence-electron chi connectivity index (χ3n) is 4.84. The molecule has 0 spiro atoms. The van der Waals surface area contributed by atoms with E-state index < -0.39 is 11.7 Å². The minimum atomic E-state index is -4.30. The summed E-state index contributed by atoms with van der Waals surface area (Å²) in [5.74, 6) is 0.140. The molecule has 7 heteroatoms. The number of rotatable bonds is 4. The van der Waals surface area contributed by atoms with Crippen molar-refractivity contribution in [2.75, 3.05) is 32.8 Å². The Kier molecular flexibility index (Phi) is 5.64. The molecule has 4 nitrogen and oxygen atoms in total. The van der Waals surface area contributed by atoms with Gasteiger partial charge in [0.25, 0.3) is 0 Å². The molecule has 1 aromatic rings. The fraction of sp³-hybridized carbons (Fsp3) is 0.611. The van der Waals surface area contributed by atoms with Gasteiger partial charge >= 0.3 is 6.18 Å².